The molecule has 1 heteroatoms. The van der Waals surface area contributed by atoms with Crippen molar-refractivity contribution in [3.63, 3.8) is 0 Å². The molecule has 6 aliphatic carbocycles. The third-order valence-electron chi connectivity index (χ3n) is 18.1. The largest absolute Gasteiger partial charge is 0.310 e. The highest BCUT2D eigenvalue weighted by molar-refractivity contribution is 5.97. The number of fused-ring (bicyclic) bond motifs is 4. The number of benzene rings is 9. The zero-order valence-electron chi connectivity index (χ0n) is 40.2. The van der Waals surface area contributed by atoms with Crippen LogP contribution < -0.4 is 4.90 Å². The molecular weight excluding hydrogens is 843 g/mol. The maximum Gasteiger partial charge on any atom is 0.0714 e. The monoisotopic (exact) mass is 903 g/mol. The first-order chi connectivity index (χ1) is 34.6. The molecule has 6 aliphatic rings. The molecule has 5 saturated carbocycles. The van der Waals surface area contributed by atoms with Gasteiger partial charge in [-0.15, -0.1) is 0 Å². The predicted molar refractivity (Wildman–Crippen MR) is 292 cm³/mol. The molecule has 9 aromatic rings. The van der Waals surface area contributed by atoms with Gasteiger partial charge < -0.3 is 4.90 Å². The summed E-state index contributed by atoms with van der Waals surface area (Å²) < 4.78 is 0. The minimum atomic E-state index is -0.490. The van der Waals surface area contributed by atoms with Gasteiger partial charge in [0, 0.05) is 17.1 Å². The highest BCUT2D eigenvalue weighted by atomic mass is 15.1. The fourth-order valence-corrected chi connectivity index (χ4v) is 15.4. The summed E-state index contributed by atoms with van der Waals surface area (Å²) in [6, 6.07) is 81.5. The highest BCUT2D eigenvalue weighted by Gasteiger charge is 2.52. The summed E-state index contributed by atoms with van der Waals surface area (Å²) in [4.78, 5) is 2.55. The van der Waals surface area contributed by atoms with Gasteiger partial charge in [0.25, 0.3) is 0 Å². The van der Waals surface area contributed by atoms with Crippen molar-refractivity contribution in [1.29, 1.82) is 0 Å². The predicted octanol–water partition coefficient (Wildman–Crippen LogP) is 18.5. The molecule has 0 unspecified atom stereocenters. The molecule has 0 aliphatic heterocycles. The van der Waals surface area contributed by atoms with E-state index in [-0.39, 0.29) is 0 Å². The van der Waals surface area contributed by atoms with Crippen molar-refractivity contribution in [3.05, 3.63) is 246 Å². The molecule has 4 bridgehead atoms. The Labute approximate surface area is 414 Å². The van der Waals surface area contributed by atoms with Crippen LogP contribution in [0.15, 0.2) is 212 Å². The van der Waals surface area contributed by atoms with E-state index in [2.05, 4.69) is 217 Å². The van der Waals surface area contributed by atoms with Crippen LogP contribution in [0.25, 0.3) is 44.2 Å². The quantitative estimate of drug-likeness (QED) is 0.139. The number of hydrogen-bond acceptors (Lipinski definition) is 1. The Hall–Kier alpha value is -6.96. The molecule has 0 saturated heterocycles. The van der Waals surface area contributed by atoms with Gasteiger partial charge in [0.15, 0.2) is 0 Å². The van der Waals surface area contributed by atoms with E-state index in [0.717, 1.165) is 23.4 Å². The standard InChI is InChI=1S/C69H61N/c1-5-16-50(17-6-1)61-26-15-27-65-67(61)62-37-36-60(43-66(62)69(65,56-22-9-3-10-23-56)57-24-11-4-12-25-57)70(59-34-30-55(31-35-59)68-44-47-38-48(45-68)40-49(39-47)46-68)58-32-28-52(29-33-58)64-42-54-21-14-13-20-53(54)41-63(64)51-18-7-2-8-19-51/h2-4,7-15,18-37,41-43,47-50H,1,5-6,16-17,38-40,44-46H2. The lowest BCUT2D eigenvalue weighted by atomic mass is 9.48. The van der Waals surface area contributed by atoms with E-state index >= 15 is 0 Å². The van der Waals surface area contributed by atoms with Gasteiger partial charge in [-0.05, 0) is 207 Å². The first kappa shape index (κ1) is 42.0. The van der Waals surface area contributed by atoms with Crippen LogP contribution in [0, 0.1) is 17.8 Å². The van der Waals surface area contributed by atoms with E-state index in [0.29, 0.717) is 11.3 Å². The molecule has 0 N–H and O–H groups in total. The fourth-order valence-electron chi connectivity index (χ4n) is 15.4. The second-order valence-corrected chi connectivity index (χ2v) is 22.1. The van der Waals surface area contributed by atoms with Crippen molar-refractivity contribution in [3.8, 4) is 33.4 Å². The molecule has 0 aromatic heterocycles. The maximum absolute atomic E-state index is 2.58. The van der Waals surface area contributed by atoms with E-state index in [9.17, 15) is 0 Å². The van der Waals surface area contributed by atoms with Gasteiger partial charge in [-0.1, -0.05) is 183 Å². The zero-order chi connectivity index (χ0) is 46.2. The summed E-state index contributed by atoms with van der Waals surface area (Å²) in [5.74, 6) is 3.31. The third kappa shape index (κ3) is 6.79. The van der Waals surface area contributed by atoms with E-state index in [1.807, 2.05) is 0 Å². The Morgan fingerprint density at radius 2 is 0.886 bits per heavy atom. The summed E-state index contributed by atoms with van der Waals surface area (Å²) in [5.41, 5.74) is 19.8. The van der Waals surface area contributed by atoms with Gasteiger partial charge in [-0.25, -0.2) is 0 Å². The third-order valence-corrected chi connectivity index (χ3v) is 18.1. The minimum Gasteiger partial charge on any atom is -0.310 e. The maximum atomic E-state index is 2.58. The van der Waals surface area contributed by atoms with Crippen LogP contribution in [-0.2, 0) is 10.8 Å². The first-order valence-electron chi connectivity index (χ1n) is 26.6. The van der Waals surface area contributed by atoms with Crippen LogP contribution in [0.5, 0.6) is 0 Å². The normalized spacial score (nSPS) is 21.9. The van der Waals surface area contributed by atoms with Crippen LogP contribution in [0.4, 0.5) is 17.1 Å². The van der Waals surface area contributed by atoms with Crippen molar-refractivity contribution in [1.82, 2.24) is 0 Å². The van der Waals surface area contributed by atoms with Crippen LogP contribution in [0.2, 0.25) is 0 Å². The van der Waals surface area contributed by atoms with E-state index < -0.39 is 5.41 Å². The lowest BCUT2D eigenvalue weighted by Gasteiger charge is -2.57. The SMILES string of the molecule is c1ccc(-c2cc3ccccc3cc2-c2ccc(N(c3ccc(C45CC6CC(CC(C6)C4)C5)cc3)c3ccc4c(c3)C(c3ccccc3)(c3ccccc3)c3cccc(C5CCCCC5)c3-4)cc2)cc1. The lowest BCUT2D eigenvalue weighted by Crippen LogP contribution is -2.48. The molecule has 70 heavy (non-hydrogen) atoms. The van der Waals surface area contributed by atoms with Crippen LogP contribution in [0.3, 0.4) is 0 Å². The molecule has 0 heterocycles. The van der Waals surface area contributed by atoms with Crippen LogP contribution in [0.1, 0.15) is 110 Å². The summed E-state index contributed by atoms with van der Waals surface area (Å²) in [5, 5.41) is 2.52. The average Bonchev–Trinajstić information content (AvgIpc) is 3.72. The van der Waals surface area contributed by atoms with Gasteiger partial charge in [-0.2, -0.15) is 0 Å². The second kappa shape index (κ2) is 16.9. The summed E-state index contributed by atoms with van der Waals surface area (Å²) in [6.07, 6.45) is 15.0. The molecule has 0 amide bonds. The smallest absolute Gasteiger partial charge is 0.0714 e. The van der Waals surface area contributed by atoms with Gasteiger partial charge >= 0.3 is 0 Å². The van der Waals surface area contributed by atoms with Gasteiger partial charge in [-0.3, -0.25) is 0 Å². The summed E-state index contributed by atoms with van der Waals surface area (Å²) in [6.45, 7) is 0. The molecule has 0 atom stereocenters. The zero-order valence-corrected chi connectivity index (χ0v) is 40.2. The van der Waals surface area contributed by atoms with Gasteiger partial charge in [0.2, 0.25) is 0 Å². The molecule has 0 radical (unpaired) electrons. The Morgan fingerprint density at radius 3 is 1.47 bits per heavy atom. The fraction of sp³-hybridized carbons (Fsp3) is 0.246. The number of nitrogens with zero attached hydrogens (tertiary/aromatic N) is 1. The summed E-state index contributed by atoms with van der Waals surface area (Å²) in [7, 11) is 0. The van der Waals surface area contributed by atoms with Gasteiger partial charge in [0.1, 0.15) is 0 Å². The number of hydrogen-bond donors (Lipinski definition) is 0. The lowest BCUT2D eigenvalue weighted by molar-refractivity contribution is -0.00518. The molecule has 15 rings (SSSR count). The van der Waals surface area contributed by atoms with Crippen molar-refractivity contribution in [2.24, 2.45) is 17.8 Å². The molecule has 9 aromatic carbocycles. The van der Waals surface area contributed by atoms with Crippen LogP contribution >= 0.6 is 0 Å². The molecule has 0 spiro atoms. The van der Waals surface area contributed by atoms with E-state index in [1.54, 1.807) is 5.56 Å². The Kier molecular flexibility index (Phi) is 10.1. The number of anilines is 3. The topological polar surface area (TPSA) is 3.24 Å². The highest BCUT2D eigenvalue weighted by Crippen LogP contribution is 2.62. The van der Waals surface area contributed by atoms with Crippen molar-refractivity contribution in [2.75, 3.05) is 4.90 Å². The van der Waals surface area contributed by atoms with E-state index in [1.165, 1.54) is 154 Å². The average molecular weight is 904 g/mol. The minimum absolute atomic E-state index is 0.344. The van der Waals surface area contributed by atoms with Crippen molar-refractivity contribution >= 4 is 27.8 Å². The molecule has 5 fully saturated rings. The van der Waals surface area contributed by atoms with Gasteiger partial charge in [0.05, 0.1) is 5.41 Å². The molecule has 342 valence electrons. The van der Waals surface area contributed by atoms with Crippen molar-refractivity contribution in [2.45, 2.75) is 87.4 Å². The first-order valence-corrected chi connectivity index (χ1v) is 26.6. The Bertz CT molecular complexity index is 3290. The number of rotatable bonds is 9. The van der Waals surface area contributed by atoms with E-state index in [4.69, 9.17) is 0 Å². The Morgan fingerprint density at radius 1 is 0.371 bits per heavy atom. The molecular formula is C69H61N. The Balaban J connectivity index is 0.957. The summed E-state index contributed by atoms with van der Waals surface area (Å²) >= 11 is 0. The van der Waals surface area contributed by atoms with Crippen molar-refractivity contribution < 1.29 is 0 Å². The van der Waals surface area contributed by atoms with Crippen LogP contribution in [-0.4, -0.2) is 0 Å². The second-order valence-electron chi connectivity index (χ2n) is 22.1. The molecule has 1 nitrogen and oxygen atoms in total.